The number of unbranched alkanes of at least 4 members (excludes halogenated alkanes) is 3. The summed E-state index contributed by atoms with van der Waals surface area (Å²) >= 11 is 0. The number of aromatic hydroxyl groups is 4. The summed E-state index contributed by atoms with van der Waals surface area (Å²) < 4.78 is 11.8. The standard InChI is InChI=1S/C24H30O7/c1-3-4-5-6-7-14(2)24(29)31-22-13-17-19(27)11-16(25)12-21(17)30-23(22)15-8-9-18(26)20(28)10-15/h8-12,14,22-23,25-28H,3-7,13H2,1-2H3/t14?,22-,23+/m0/s1. The van der Waals surface area contributed by atoms with Crippen LogP contribution in [0.15, 0.2) is 30.3 Å². The van der Waals surface area contributed by atoms with E-state index in [-0.39, 0.29) is 47.1 Å². The zero-order chi connectivity index (χ0) is 22.5. The van der Waals surface area contributed by atoms with Gasteiger partial charge in [-0.05, 0) is 18.6 Å². The molecule has 0 fully saturated rings. The summed E-state index contributed by atoms with van der Waals surface area (Å²) in [6.45, 7) is 3.97. The maximum Gasteiger partial charge on any atom is 0.309 e. The van der Waals surface area contributed by atoms with Gasteiger partial charge < -0.3 is 29.9 Å². The lowest BCUT2D eigenvalue weighted by Gasteiger charge is -2.34. The number of rotatable bonds is 8. The van der Waals surface area contributed by atoms with Crippen molar-refractivity contribution in [3.8, 4) is 28.7 Å². The predicted octanol–water partition coefficient (Wildman–Crippen LogP) is 4.70. The third-order valence-electron chi connectivity index (χ3n) is 5.66. The summed E-state index contributed by atoms with van der Waals surface area (Å²) in [5.41, 5.74) is 0.933. The van der Waals surface area contributed by atoms with Gasteiger partial charge in [0.15, 0.2) is 17.6 Å². The molecule has 0 amide bonds. The van der Waals surface area contributed by atoms with Crippen LogP contribution in [0.5, 0.6) is 28.7 Å². The number of hydrogen-bond donors (Lipinski definition) is 4. The van der Waals surface area contributed by atoms with Crippen molar-refractivity contribution < 1.29 is 34.7 Å². The van der Waals surface area contributed by atoms with E-state index in [1.807, 2.05) is 6.92 Å². The van der Waals surface area contributed by atoms with Crippen molar-refractivity contribution in [2.24, 2.45) is 5.92 Å². The topological polar surface area (TPSA) is 116 Å². The van der Waals surface area contributed by atoms with Crippen molar-refractivity contribution in [1.29, 1.82) is 0 Å². The molecule has 7 heteroatoms. The molecule has 168 valence electrons. The molecule has 3 rings (SSSR count). The Hall–Kier alpha value is -3.09. The molecule has 0 aliphatic carbocycles. The van der Waals surface area contributed by atoms with E-state index in [0.717, 1.165) is 32.1 Å². The summed E-state index contributed by atoms with van der Waals surface area (Å²) in [6.07, 6.45) is 3.65. The molecule has 31 heavy (non-hydrogen) atoms. The van der Waals surface area contributed by atoms with Crippen LogP contribution in [0.4, 0.5) is 0 Å². The van der Waals surface area contributed by atoms with E-state index in [9.17, 15) is 25.2 Å². The van der Waals surface area contributed by atoms with E-state index < -0.39 is 12.2 Å². The monoisotopic (exact) mass is 430 g/mol. The number of fused-ring (bicyclic) bond motifs is 1. The Bertz CT molecular complexity index is 924. The second kappa shape index (κ2) is 9.81. The number of hydrogen-bond acceptors (Lipinski definition) is 7. The minimum absolute atomic E-state index is 0.143. The molecule has 0 radical (unpaired) electrons. The third-order valence-corrected chi connectivity index (χ3v) is 5.66. The number of phenols is 4. The molecule has 0 bridgehead atoms. The Kier molecular flexibility index (Phi) is 7.15. The van der Waals surface area contributed by atoms with Crippen molar-refractivity contribution in [1.82, 2.24) is 0 Å². The zero-order valence-electron chi connectivity index (χ0n) is 17.9. The molecule has 2 aromatic carbocycles. The van der Waals surface area contributed by atoms with Gasteiger partial charge in [0.2, 0.25) is 0 Å². The van der Waals surface area contributed by atoms with Crippen molar-refractivity contribution in [3.05, 3.63) is 41.5 Å². The van der Waals surface area contributed by atoms with Gasteiger partial charge in [-0.15, -0.1) is 0 Å². The first-order valence-electron chi connectivity index (χ1n) is 10.7. The van der Waals surface area contributed by atoms with Crippen molar-refractivity contribution >= 4 is 5.97 Å². The Balaban J connectivity index is 1.83. The highest BCUT2D eigenvalue weighted by Crippen LogP contribution is 2.44. The van der Waals surface area contributed by atoms with Gasteiger partial charge >= 0.3 is 5.97 Å². The third kappa shape index (κ3) is 5.34. The summed E-state index contributed by atoms with van der Waals surface area (Å²) in [5.74, 6) is -1.24. The number of carbonyl (C=O) groups is 1. The maximum absolute atomic E-state index is 12.8. The van der Waals surface area contributed by atoms with Gasteiger partial charge in [0.05, 0.1) is 5.92 Å². The van der Waals surface area contributed by atoms with Crippen LogP contribution in [0, 0.1) is 5.92 Å². The van der Waals surface area contributed by atoms with Crippen LogP contribution in [-0.4, -0.2) is 32.5 Å². The predicted molar refractivity (Wildman–Crippen MR) is 114 cm³/mol. The molecule has 1 heterocycles. The highest BCUT2D eigenvalue weighted by atomic mass is 16.6. The van der Waals surface area contributed by atoms with Gasteiger partial charge in [-0.3, -0.25) is 4.79 Å². The SMILES string of the molecule is CCCCCCC(C)C(=O)O[C@H]1Cc2c(O)cc(O)cc2O[C@@H]1c1ccc(O)c(O)c1. The van der Waals surface area contributed by atoms with E-state index in [2.05, 4.69) is 6.92 Å². The van der Waals surface area contributed by atoms with Crippen LogP contribution in [-0.2, 0) is 16.0 Å². The molecule has 0 saturated heterocycles. The first-order chi connectivity index (χ1) is 14.8. The fraction of sp³-hybridized carbons (Fsp3) is 0.458. The lowest BCUT2D eigenvalue weighted by atomic mass is 9.93. The van der Waals surface area contributed by atoms with Crippen LogP contribution in [0.2, 0.25) is 0 Å². The highest BCUT2D eigenvalue weighted by molar-refractivity contribution is 5.72. The van der Waals surface area contributed by atoms with Gasteiger partial charge in [0.1, 0.15) is 23.4 Å². The molecule has 4 N–H and O–H groups in total. The van der Waals surface area contributed by atoms with Crippen LogP contribution in [0.25, 0.3) is 0 Å². The largest absolute Gasteiger partial charge is 0.508 e. The van der Waals surface area contributed by atoms with E-state index in [1.165, 1.54) is 24.3 Å². The second-order valence-corrected chi connectivity index (χ2v) is 8.16. The smallest absolute Gasteiger partial charge is 0.309 e. The number of benzene rings is 2. The molecule has 1 aliphatic rings. The zero-order valence-corrected chi connectivity index (χ0v) is 17.9. The fourth-order valence-electron chi connectivity index (χ4n) is 3.81. The number of ether oxygens (including phenoxy) is 2. The van der Waals surface area contributed by atoms with Crippen LogP contribution in [0.1, 0.15) is 63.2 Å². The summed E-state index contributed by atoms with van der Waals surface area (Å²) in [4.78, 5) is 12.8. The van der Waals surface area contributed by atoms with Gasteiger partial charge in [0.25, 0.3) is 0 Å². The minimum Gasteiger partial charge on any atom is -0.508 e. The molecule has 2 aromatic rings. The van der Waals surface area contributed by atoms with Crippen LogP contribution >= 0.6 is 0 Å². The fourth-order valence-corrected chi connectivity index (χ4v) is 3.81. The van der Waals surface area contributed by atoms with Crippen LogP contribution < -0.4 is 4.74 Å². The Morgan fingerprint density at radius 3 is 2.55 bits per heavy atom. The highest BCUT2D eigenvalue weighted by Gasteiger charge is 2.37. The quantitative estimate of drug-likeness (QED) is 0.272. The molecule has 0 saturated carbocycles. The van der Waals surface area contributed by atoms with Crippen LogP contribution in [0.3, 0.4) is 0 Å². The Labute approximate surface area is 181 Å². The molecule has 7 nitrogen and oxygen atoms in total. The molecule has 1 aliphatic heterocycles. The Morgan fingerprint density at radius 1 is 1.06 bits per heavy atom. The lowest BCUT2D eigenvalue weighted by Crippen LogP contribution is -2.36. The summed E-state index contributed by atoms with van der Waals surface area (Å²) in [6, 6.07) is 6.85. The molecular weight excluding hydrogens is 400 g/mol. The molecule has 0 aromatic heterocycles. The average molecular weight is 430 g/mol. The van der Waals surface area contributed by atoms with Gasteiger partial charge in [-0.25, -0.2) is 0 Å². The summed E-state index contributed by atoms with van der Waals surface area (Å²) in [7, 11) is 0. The van der Waals surface area contributed by atoms with Gasteiger partial charge in [-0.1, -0.05) is 45.6 Å². The van der Waals surface area contributed by atoms with Gasteiger partial charge in [-0.2, -0.15) is 0 Å². The molecule has 3 atom stereocenters. The van der Waals surface area contributed by atoms with E-state index in [1.54, 1.807) is 6.07 Å². The number of esters is 1. The summed E-state index contributed by atoms with van der Waals surface area (Å²) in [5, 5.41) is 39.6. The first-order valence-corrected chi connectivity index (χ1v) is 10.7. The first kappa shape index (κ1) is 22.6. The lowest BCUT2D eigenvalue weighted by molar-refractivity contribution is -0.160. The Morgan fingerprint density at radius 2 is 1.84 bits per heavy atom. The van der Waals surface area contributed by atoms with E-state index in [0.29, 0.717) is 11.1 Å². The van der Waals surface area contributed by atoms with E-state index in [4.69, 9.17) is 9.47 Å². The van der Waals surface area contributed by atoms with E-state index >= 15 is 0 Å². The molecule has 0 spiro atoms. The average Bonchev–Trinajstić information content (AvgIpc) is 2.73. The van der Waals surface area contributed by atoms with Gasteiger partial charge in [0, 0.05) is 29.7 Å². The maximum atomic E-state index is 12.8. The number of carbonyl (C=O) groups excluding carboxylic acids is 1. The molecule has 1 unspecified atom stereocenters. The van der Waals surface area contributed by atoms with Crippen molar-refractivity contribution in [3.63, 3.8) is 0 Å². The normalized spacial score (nSPS) is 18.6. The molecular formula is C24H30O7. The second-order valence-electron chi connectivity index (χ2n) is 8.16. The minimum atomic E-state index is -0.781. The number of phenolic OH excluding ortho intramolecular Hbond substituents is 4. The van der Waals surface area contributed by atoms with Crippen molar-refractivity contribution in [2.75, 3.05) is 0 Å². The van der Waals surface area contributed by atoms with Crippen molar-refractivity contribution in [2.45, 2.75) is 64.6 Å².